The first-order valence-corrected chi connectivity index (χ1v) is 9.95. The van der Waals surface area contributed by atoms with E-state index in [1.54, 1.807) is 32.9 Å². The number of hydrogen-bond donors (Lipinski definition) is 1. The zero-order chi connectivity index (χ0) is 24.2. The smallest absolute Gasteiger partial charge is 0.412 e. The molecule has 0 aliphatic heterocycles. The Labute approximate surface area is 189 Å². The number of carbonyl (C=O) groups is 2. The summed E-state index contributed by atoms with van der Waals surface area (Å²) in [4.78, 5) is 38.5. The molecule has 1 heterocycles. The zero-order valence-corrected chi connectivity index (χ0v) is 18.6. The Morgan fingerprint density at radius 3 is 2.45 bits per heavy atom. The van der Waals surface area contributed by atoms with E-state index in [1.807, 2.05) is 24.3 Å². The number of rotatable bonds is 6. The number of carbonyl (C=O) groups excluding carboxylic acids is 2. The topological polar surface area (TPSA) is 130 Å². The third-order valence-corrected chi connectivity index (χ3v) is 4.45. The van der Waals surface area contributed by atoms with Crippen LogP contribution in [-0.2, 0) is 14.3 Å². The number of aromatic nitrogens is 1. The van der Waals surface area contributed by atoms with Gasteiger partial charge in [-0.05, 0) is 37.8 Å². The predicted octanol–water partition coefficient (Wildman–Crippen LogP) is 4.71. The van der Waals surface area contributed by atoms with Crippen LogP contribution in [0.3, 0.4) is 0 Å². The predicted molar refractivity (Wildman–Crippen MR) is 121 cm³/mol. The van der Waals surface area contributed by atoms with Crippen molar-refractivity contribution in [2.75, 3.05) is 19.0 Å². The fraction of sp³-hybridized carbons (Fsp3) is 0.261. The molecule has 2 aromatic carbocycles. The van der Waals surface area contributed by atoms with Gasteiger partial charge in [0, 0.05) is 23.2 Å². The Morgan fingerprint density at radius 1 is 1.12 bits per heavy atom. The van der Waals surface area contributed by atoms with Crippen molar-refractivity contribution in [3.05, 3.63) is 58.8 Å². The molecule has 0 fully saturated rings. The zero-order valence-electron chi connectivity index (χ0n) is 18.6. The van der Waals surface area contributed by atoms with Crippen LogP contribution in [0, 0.1) is 10.1 Å². The summed E-state index contributed by atoms with van der Waals surface area (Å²) in [6.07, 6.45) is 0.826. The van der Waals surface area contributed by atoms with Gasteiger partial charge >= 0.3 is 17.7 Å². The third-order valence-electron chi connectivity index (χ3n) is 4.45. The molecule has 1 N–H and O–H groups in total. The van der Waals surface area contributed by atoms with E-state index in [0.717, 1.165) is 10.8 Å². The lowest BCUT2D eigenvalue weighted by atomic mass is 9.98. The number of fused-ring (bicyclic) bond motifs is 1. The van der Waals surface area contributed by atoms with Gasteiger partial charge in [0.25, 0.3) is 5.88 Å². The monoisotopic (exact) mass is 453 g/mol. The fourth-order valence-electron chi connectivity index (χ4n) is 3.09. The molecule has 0 atom stereocenters. The molecule has 0 radical (unpaired) electrons. The normalized spacial score (nSPS) is 11.0. The van der Waals surface area contributed by atoms with E-state index in [-0.39, 0.29) is 5.88 Å². The van der Waals surface area contributed by atoms with Crippen LogP contribution in [0.4, 0.5) is 16.2 Å². The summed E-state index contributed by atoms with van der Waals surface area (Å²) in [5, 5.41) is 15.8. The Kier molecular flexibility index (Phi) is 6.76. The van der Waals surface area contributed by atoms with Crippen molar-refractivity contribution in [1.82, 2.24) is 4.98 Å². The van der Waals surface area contributed by atoms with E-state index in [2.05, 4.69) is 15.0 Å². The Morgan fingerprint density at radius 2 is 1.82 bits per heavy atom. The van der Waals surface area contributed by atoms with E-state index in [9.17, 15) is 19.7 Å². The maximum absolute atomic E-state index is 12.2. The Balaban J connectivity index is 2.00. The van der Waals surface area contributed by atoms with E-state index in [0.29, 0.717) is 16.8 Å². The first-order chi connectivity index (χ1) is 15.6. The highest BCUT2D eigenvalue weighted by Crippen LogP contribution is 2.36. The molecule has 1 amide bonds. The summed E-state index contributed by atoms with van der Waals surface area (Å²) < 4.78 is 14.9. The maximum atomic E-state index is 12.2. The van der Waals surface area contributed by atoms with E-state index in [4.69, 9.17) is 9.47 Å². The molecule has 0 unspecified atom stereocenters. The summed E-state index contributed by atoms with van der Waals surface area (Å²) in [6.45, 7) is 4.81. The summed E-state index contributed by atoms with van der Waals surface area (Å²) in [5.41, 5.74) is 0.616. The maximum Gasteiger partial charge on any atom is 0.412 e. The van der Waals surface area contributed by atoms with E-state index < -0.39 is 34.9 Å². The van der Waals surface area contributed by atoms with Gasteiger partial charge in [-0.1, -0.05) is 30.3 Å². The minimum atomic E-state index is -0.686. The summed E-state index contributed by atoms with van der Waals surface area (Å²) in [6, 6.07) is 12.0. The van der Waals surface area contributed by atoms with Crippen molar-refractivity contribution in [3.8, 4) is 17.0 Å². The molecular formula is C23H23N3O7. The number of ether oxygens (including phenoxy) is 3. The van der Waals surface area contributed by atoms with Crippen molar-refractivity contribution in [2.45, 2.75) is 26.4 Å². The Hall–Kier alpha value is -4.21. The van der Waals surface area contributed by atoms with Crippen LogP contribution < -0.4 is 10.1 Å². The summed E-state index contributed by atoms with van der Waals surface area (Å²) in [7, 11) is 1.18. The number of methoxy groups -OCH3 is 1. The van der Waals surface area contributed by atoms with Crippen LogP contribution in [0.5, 0.6) is 5.88 Å². The van der Waals surface area contributed by atoms with Crippen LogP contribution in [0.15, 0.2) is 48.7 Å². The van der Waals surface area contributed by atoms with Gasteiger partial charge in [-0.3, -0.25) is 15.4 Å². The van der Waals surface area contributed by atoms with Crippen LogP contribution in [0.25, 0.3) is 21.9 Å². The van der Waals surface area contributed by atoms with Gasteiger partial charge in [0.15, 0.2) is 6.61 Å². The quantitative estimate of drug-likeness (QED) is 0.323. The number of benzene rings is 2. The molecule has 0 aliphatic carbocycles. The molecule has 0 spiro atoms. The van der Waals surface area contributed by atoms with Crippen LogP contribution in [0.2, 0.25) is 0 Å². The van der Waals surface area contributed by atoms with Crippen molar-refractivity contribution < 1.29 is 28.7 Å². The van der Waals surface area contributed by atoms with Gasteiger partial charge in [0.1, 0.15) is 5.60 Å². The van der Waals surface area contributed by atoms with Crippen LogP contribution in [-0.4, -0.2) is 41.3 Å². The van der Waals surface area contributed by atoms with Gasteiger partial charge in [0.05, 0.1) is 17.7 Å². The molecule has 0 saturated carbocycles. The number of nitrogens with one attached hydrogen (secondary N) is 1. The summed E-state index contributed by atoms with van der Waals surface area (Å²) in [5.74, 6) is -0.976. The number of hydrogen-bond acceptors (Lipinski definition) is 8. The number of esters is 1. The summed E-state index contributed by atoms with van der Waals surface area (Å²) >= 11 is 0. The number of anilines is 1. The molecule has 1 aromatic heterocycles. The van der Waals surface area contributed by atoms with Gasteiger partial charge in [-0.2, -0.15) is 0 Å². The number of nitro groups is 1. The second-order valence-electron chi connectivity index (χ2n) is 8.00. The molecule has 10 nitrogen and oxygen atoms in total. The lowest BCUT2D eigenvalue weighted by Gasteiger charge is -2.20. The first-order valence-electron chi connectivity index (χ1n) is 9.95. The van der Waals surface area contributed by atoms with E-state index in [1.165, 1.54) is 19.4 Å². The lowest BCUT2D eigenvalue weighted by molar-refractivity contribution is -0.386. The molecular weight excluding hydrogens is 430 g/mol. The Bertz CT molecular complexity index is 1220. The highest BCUT2D eigenvalue weighted by molar-refractivity contribution is 6.06. The molecule has 172 valence electrons. The largest absolute Gasteiger partial charge is 0.466 e. The lowest BCUT2D eigenvalue weighted by Crippen LogP contribution is -2.27. The van der Waals surface area contributed by atoms with Gasteiger partial charge in [0.2, 0.25) is 0 Å². The second-order valence-corrected chi connectivity index (χ2v) is 8.00. The molecule has 3 aromatic rings. The van der Waals surface area contributed by atoms with Gasteiger partial charge in [-0.15, -0.1) is 0 Å². The fourth-order valence-corrected chi connectivity index (χ4v) is 3.09. The average molecular weight is 453 g/mol. The minimum Gasteiger partial charge on any atom is -0.466 e. The van der Waals surface area contributed by atoms with Gasteiger partial charge < -0.3 is 14.2 Å². The molecule has 3 rings (SSSR count). The number of amides is 1. The number of pyridine rings is 1. The first kappa shape index (κ1) is 23.5. The third kappa shape index (κ3) is 5.73. The van der Waals surface area contributed by atoms with Crippen molar-refractivity contribution >= 4 is 34.2 Å². The standard InChI is InChI=1S/C23H23N3O7/c1-23(2,3)33-22(28)25-18-10-9-15(16-7-5-6-8-17(16)18)14-11-19(26(29)30)21(24-12-14)32-13-20(27)31-4/h5-12H,13H2,1-4H3,(H,25,28). The van der Waals surface area contributed by atoms with Crippen molar-refractivity contribution in [1.29, 1.82) is 0 Å². The SMILES string of the molecule is COC(=O)COc1ncc(-c2ccc(NC(=O)OC(C)(C)C)c3ccccc23)cc1[N+](=O)[O-]. The van der Waals surface area contributed by atoms with Crippen LogP contribution in [0.1, 0.15) is 20.8 Å². The second kappa shape index (κ2) is 9.51. The molecule has 0 bridgehead atoms. The molecule has 0 saturated heterocycles. The highest BCUT2D eigenvalue weighted by Gasteiger charge is 2.21. The van der Waals surface area contributed by atoms with Crippen LogP contribution >= 0.6 is 0 Å². The molecule has 33 heavy (non-hydrogen) atoms. The van der Waals surface area contributed by atoms with E-state index >= 15 is 0 Å². The average Bonchev–Trinajstić information content (AvgIpc) is 2.76. The molecule has 0 aliphatic rings. The minimum absolute atomic E-state index is 0.290. The van der Waals surface area contributed by atoms with Gasteiger partial charge in [-0.25, -0.2) is 14.6 Å². The molecule has 10 heteroatoms. The number of nitrogens with zero attached hydrogens (tertiary/aromatic N) is 2. The van der Waals surface area contributed by atoms with Crippen molar-refractivity contribution in [2.24, 2.45) is 0 Å². The van der Waals surface area contributed by atoms with Crippen molar-refractivity contribution in [3.63, 3.8) is 0 Å². The highest BCUT2D eigenvalue weighted by atomic mass is 16.6.